The molecule has 0 aliphatic heterocycles. The lowest BCUT2D eigenvalue weighted by Gasteiger charge is -2.05. The third-order valence-corrected chi connectivity index (χ3v) is 4.85. The normalized spacial score (nSPS) is 11.1. The van der Waals surface area contributed by atoms with Crippen molar-refractivity contribution in [2.75, 3.05) is 0 Å². The molecular formula is C22H14N4O. The average molecular weight is 350 g/mol. The second-order valence-corrected chi connectivity index (χ2v) is 6.45. The Morgan fingerprint density at radius 3 is 2.70 bits per heavy atom. The van der Waals surface area contributed by atoms with Crippen LogP contribution in [0.4, 0.5) is 0 Å². The Bertz CT molecular complexity index is 1350. The van der Waals surface area contributed by atoms with Crippen molar-refractivity contribution in [3.63, 3.8) is 0 Å². The molecule has 0 saturated heterocycles. The number of nitriles is 1. The molecule has 0 amide bonds. The first-order chi connectivity index (χ1) is 13.2. The average Bonchev–Trinajstić information content (AvgIpc) is 3.34. The van der Waals surface area contributed by atoms with Crippen LogP contribution in [0.5, 0.6) is 5.75 Å². The summed E-state index contributed by atoms with van der Waals surface area (Å²) in [5, 5.41) is 21.1. The van der Waals surface area contributed by atoms with Crippen LogP contribution in [0.15, 0.2) is 67.1 Å². The maximum Gasteiger partial charge on any atom is 0.137 e. The van der Waals surface area contributed by atoms with Gasteiger partial charge in [-0.05, 0) is 52.9 Å². The number of rotatable bonds is 2. The van der Waals surface area contributed by atoms with Crippen molar-refractivity contribution in [3.05, 3.63) is 72.7 Å². The zero-order valence-electron chi connectivity index (χ0n) is 14.2. The third-order valence-electron chi connectivity index (χ3n) is 4.85. The van der Waals surface area contributed by atoms with Gasteiger partial charge in [0.2, 0.25) is 0 Å². The van der Waals surface area contributed by atoms with Crippen molar-refractivity contribution < 1.29 is 5.11 Å². The third kappa shape index (κ3) is 2.43. The second kappa shape index (κ2) is 5.75. The fourth-order valence-corrected chi connectivity index (χ4v) is 3.43. The van der Waals surface area contributed by atoms with Crippen LogP contribution in [-0.2, 0) is 0 Å². The largest absolute Gasteiger partial charge is 0.507 e. The van der Waals surface area contributed by atoms with Gasteiger partial charge in [0.15, 0.2) is 0 Å². The van der Waals surface area contributed by atoms with Gasteiger partial charge >= 0.3 is 0 Å². The summed E-state index contributed by atoms with van der Waals surface area (Å²) in [6.07, 6.45) is 5.67. The van der Waals surface area contributed by atoms with E-state index in [2.05, 4.69) is 45.3 Å². The summed E-state index contributed by atoms with van der Waals surface area (Å²) in [6.45, 7) is 0. The van der Waals surface area contributed by atoms with Crippen LogP contribution >= 0.6 is 0 Å². The van der Waals surface area contributed by atoms with Gasteiger partial charge in [-0.2, -0.15) is 5.26 Å². The number of phenolic OH excluding ortho intramolecular Hbond substituents is 1. The SMILES string of the molecule is N#Cc1cc(-c2cnc3[nH]cc(-c4ccc5[nH]ccc5c4)c3c2)ccc1O. The Balaban J connectivity index is 1.67. The highest BCUT2D eigenvalue weighted by Gasteiger charge is 2.11. The van der Waals surface area contributed by atoms with E-state index in [9.17, 15) is 5.11 Å². The summed E-state index contributed by atoms with van der Waals surface area (Å²) >= 11 is 0. The lowest BCUT2D eigenvalue weighted by Crippen LogP contribution is -1.85. The molecule has 3 aromatic heterocycles. The van der Waals surface area contributed by atoms with Gasteiger partial charge in [0, 0.05) is 40.6 Å². The first-order valence-electron chi connectivity index (χ1n) is 8.51. The maximum atomic E-state index is 9.74. The van der Waals surface area contributed by atoms with Crippen molar-refractivity contribution in [1.29, 1.82) is 5.26 Å². The van der Waals surface area contributed by atoms with E-state index < -0.39 is 0 Å². The molecule has 27 heavy (non-hydrogen) atoms. The molecule has 5 nitrogen and oxygen atoms in total. The van der Waals surface area contributed by atoms with Gasteiger partial charge in [-0.15, -0.1) is 0 Å². The fraction of sp³-hybridized carbons (Fsp3) is 0. The number of H-pyrrole nitrogens is 2. The van der Waals surface area contributed by atoms with Crippen LogP contribution in [0.1, 0.15) is 5.56 Å². The number of hydrogen-bond acceptors (Lipinski definition) is 3. The minimum absolute atomic E-state index is 0.0163. The lowest BCUT2D eigenvalue weighted by atomic mass is 10.0. The predicted molar refractivity (Wildman–Crippen MR) is 105 cm³/mol. The van der Waals surface area contributed by atoms with Gasteiger partial charge in [0.05, 0.1) is 5.56 Å². The molecule has 0 unspecified atom stereocenters. The molecule has 0 spiro atoms. The summed E-state index contributed by atoms with van der Waals surface area (Å²) in [4.78, 5) is 11.0. The van der Waals surface area contributed by atoms with Gasteiger partial charge in [-0.1, -0.05) is 12.1 Å². The van der Waals surface area contributed by atoms with E-state index in [4.69, 9.17) is 5.26 Å². The van der Waals surface area contributed by atoms with Crippen LogP contribution in [0.3, 0.4) is 0 Å². The van der Waals surface area contributed by atoms with Gasteiger partial charge in [0.1, 0.15) is 17.5 Å². The molecule has 0 bridgehead atoms. The highest BCUT2D eigenvalue weighted by Crippen LogP contribution is 2.33. The van der Waals surface area contributed by atoms with Gasteiger partial charge in [-0.25, -0.2) is 4.98 Å². The summed E-state index contributed by atoms with van der Waals surface area (Å²) in [6, 6.07) is 17.4. The number of benzene rings is 2. The van der Waals surface area contributed by atoms with E-state index in [1.54, 1.807) is 18.3 Å². The number of nitrogens with zero attached hydrogens (tertiary/aromatic N) is 2. The van der Waals surface area contributed by atoms with Crippen LogP contribution in [0.2, 0.25) is 0 Å². The topological polar surface area (TPSA) is 88.5 Å². The highest BCUT2D eigenvalue weighted by molar-refractivity contribution is 5.98. The van der Waals surface area contributed by atoms with Gasteiger partial charge in [-0.3, -0.25) is 0 Å². The second-order valence-electron chi connectivity index (χ2n) is 6.45. The monoisotopic (exact) mass is 350 g/mol. The van der Waals surface area contributed by atoms with Crippen molar-refractivity contribution in [1.82, 2.24) is 15.0 Å². The fourth-order valence-electron chi connectivity index (χ4n) is 3.43. The van der Waals surface area contributed by atoms with Crippen molar-refractivity contribution in [2.45, 2.75) is 0 Å². The van der Waals surface area contributed by atoms with Crippen molar-refractivity contribution in [3.8, 4) is 34.1 Å². The Hall–Kier alpha value is -4.04. The number of aromatic amines is 2. The van der Waals surface area contributed by atoms with E-state index in [0.29, 0.717) is 0 Å². The van der Waals surface area contributed by atoms with Crippen LogP contribution in [0, 0.1) is 11.3 Å². The molecule has 0 radical (unpaired) electrons. The Morgan fingerprint density at radius 2 is 1.81 bits per heavy atom. The number of fused-ring (bicyclic) bond motifs is 2. The zero-order valence-corrected chi connectivity index (χ0v) is 14.2. The Kier molecular flexibility index (Phi) is 3.24. The molecule has 5 aromatic rings. The molecule has 2 aromatic carbocycles. The number of phenols is 1. The molecule has 0 fully saturated rings. The number of aromatic hydroxyl groups is 1. The van der Waals surface area contributed by atoms with E-state index >= 15 is 0 Å². The lowest BCUT2D eigenvalue weighted by molar-refractivity contribution is 0.473. The first-order valence-corrected chi connectivity index (χ1v) is 8.51. The Morgan fingerprint density at radius 1 is 0.926 bits per heavy atom. The number of nitrogens with one attached hydrogen (secondary N) is 2. The molecule has 0 aliphatic rings. The number of hydrogen-bond donors (Lipinski definition) is 3. The van der Waals surface area contributed by atoms with Crippen LogP contribution < -0.4 is 0 Å². The first kappa shape index (κ1) is 15.2. The van der Waals surface area contributed by atoms with E-state index in [0.717, 1.165) is 44.2 Å². The molecule has 5 rings (SSSR count). The van der Waals surface area contributed by atoms with Gasteiger partial charge in [0.25, 0.3) is 0 Å². The summed E-state index contributed by atoms with van der Waals surface area (Å²) in [5.41, 5.74) is 6.07. The molecule has 0 aliphatic carbocycles. The minimum Gasteiger partial charge on any atom is -0.507 e. The standard InChI is InChI=1S/C22H14N4O/c23-10-16-7-13(2-4-21(16)27)17-9-18-19(12-26-22(18)25-11-17)14-1-3-20-15(8-14)5-6-24-20/h1-9,11-12,24,27H,(H,25,26). The van der Waals surface area contributed by atoms with Crippen LogP contribution in [0.25, 0.3) is 44.2 Å². The molecular weight excluding hydrogens is 336 g/mol. The van der Waals surface area contributed by atoms with Crippen molar-refractivity contribution in [2.24, 2.45) is 0 Å². The molecule has 0 atom stereocenters. The minimum atomic E-state index is -0.0163. The predicted octanol–water partition coefficient (Wildman–Crippen LogP) is 4.96. The summed E-state index contributed by atoms with van der Waals surface area (Å²) in [7, 11) is 0. The molecule has 5 heteroatoms. The van der Waals surface area contributed by atoms with E-state index in [1.807, 2.05) is 18.5 Å². The van der Waals surface area contributed by atoms with E-state index in [-0.39, 0.29) is 11.3 Å². The smallest absolute Gasteiger partial charge is 0.137 e. The summed E-state index contributed by atoms with van der Waals surface area (Å²) < 4.78 is 0. The maximum absolute atomic E-state index is 9.74. The number of pyridine rings is 1. The summed E-state index contributed by atoms with van der Waals surface area (Å²) in [5.74, 6) is -0.0163. The van der Waals surface area contributed by atoms with Gasteiger partial charge < -0.3 is 15.1 Å². The molecule has 3 heterocycles. The quantitative estimate of drug-likeness (QED) is 0.420. The number of aromatic nitrogens is 3. The van der Waals surface area contributed by atoms with Crippen molar-refractivity contribution >= 4 is 21.9 Å². The highest BCUT2D eigenvalue weighted by atomic mass is 16.3. The van der Waals surface area contributed by atoms with Crippen LogP contribution in [-0.4, -0.2) is 20.1 Å². The molecule has 128 valence electrons. The molecule has 0 saturated carbocycles. The Labute approximate surface area is 154 Å². The van der Waals surface area contributed by atoms with E-state index in [1.165, 1.54) is 6.07 Å². The zero-order chi connectivity index (χ0) is 18.4. The molecule has 3 N–H and O–H groups in total.